The van der Waals surface area contributed by atoms with Crippen molar-refractivity contribution in [1.29, 1.82) is 0 Å². The zero-order valence-corrected chi connectivity index (χ0v) is 7.74. The Bertz CT molecular complexity index is 172. The van der Waals surface area contributed by atoms with Gasteiger partial charge in [0.05, 0.1) is 0 Å². The molecule has 0 bridgehead atoms. The van der Waals surface area contributed by atoms with Crippen LogP contribution in [0, 0.1) is 0 Å². The summed E-state index contributed by atoms with van der Waals surface area (Å²) in [6.07, 6.45) is 0.191. The first-order chi connectivity index (χ1) is 5.70. The Labute approximate surface area is 72.4 Å². The number of hydrogen-bond donors (Lipinski definition) is 0. The number of ether oxygens (including phenoxy) is 2. The summed E-state index contributed by atoms with van der Waals surface area (Å²) >= 11 is 0. The van der Waals surface area contributed by atoms with Crippen LogP contribution in [-0.2, 0) is 9.47 Å². The molecule has 1 saturated heterocycles. The molecule has 1 rings (SSSR count). The first kappa shape index (κ1) is 9.32. The summed E-state index contributed by atoms with van der Waals surface area (Å²) in [5, 5.41) is 0. The van der Waals surface area contributed by atoms with Gasteiger partial charge in [0, 0.05) is 13.7 Å². The van der Waals surface area contributed by atoms with E-state index in [1.807, 2.05) is 13.8 Å². The molecule has 0 aliphatic carbocycles. The molecule has 1 aliphatic rings. The molecule has 70 valence electrons. The molecule has 0 saturated carbocycles. The summed E-state index contributed by atoms with van der Waals surface area (Å²) in [6, 6.07) is 0. The van der Waals surface area contributed by atoms with Gasteiger partial charge < -0.3 is 9.47 Å². The van der Waals surface area contributed by atoms with E-state index in [4.69, 9.17) is 9.47 Å². The zero-order valence-electron chi connectivity index (χ0n) is 7.74. The minimum absolute atomic E-state index is 0.109. The summed E-state index contributed by atoms with van der Waals surface area (Å²) in [5.41, 5.74) is 0. The van der Waals surface area contributed by atoms with E-state index in [9.17, 15) is 4.79 Å². The second-order valence-corrected chi connectivity index (χ2v) is 2.79. The monoisotopic (exact) mass is 173 g/mol. The van der Waals surface area contributed by atoms with Crippen LogP contribution >= 0.6 is 0 Å². The van der Waals surface area contributed by atoms with Crippen molar-refractivity contribution in [2.75, 3.05) is 13.7 Å². The van der Waals surface area contributed by atoms with E-state index in [0.717, 1.165) is 6.42 Å². The average Bonchev–Trinajstić information content (AvgIpc) is 2.33. The van der Waals surface area contributed by atoms with Gasteiger partial charge in [-0.3, -0.25) is 4.90 Å². The molecular weight excluding hydrogens is 158 g/mol. The number of nitrogens with zero attached hydrogens (tertiary/aromatic N) is 1. The smallest absolute Gasteiger partial charge is 0.412 e. The largest absolute Gasteiger partial charge is 0.441 e. The van der Waals surface area contributed by atoms with Crippen molar-refractivity contribution in [1.82, 2.24) is 4.90 Å². The van der Waals surface area contributed by atoms with Crippen LogP contribution in [0.5, 0.6) is 0 Å². The molecule has 0 spiro atoms. The average molecular weight is 173 g/mol. The summed E-state index contributed by atoms with van der Waals surface area (Å²) in [5.74, 6) is 0. The molecular formula is C8H15NO3. The quantitative estimate of drug-likeness (QED) is 0.644. The van der Waals surface area contributed by atoms with Crippen LogP contribution in [-0.4, -0.2) is 37.0 Å². The summed E-state index contributed by atoms with van der Waals surface area (Å²) < 4.78 is 10.4. The molecule has 4 heteroatoms. The Balaban J connectivity index is 2.60. The standard InChI is InChI=1S/C8H15NO3/c1-4-6-7(11-5-2)9(3)8(10)12-6/h6-7H,4-5H2,1-3H3. The Kier molecular flexibility index (Phi) is 2.92. The predicted molar refractivity (Wildman–Crippen MR) is 43.7 cm³/mol. The second kappa shape index (κ2) is 3.76. The van der Waals surface area contributed by atoms with Crippen molar-refractivity contribution in [2.24, 2.45) is 0 Å². The van der Waals surface area contributed by atoms with Crippen LogP contribution in [0.3, 0.4) is 0 Å². The van der Waals surface area contributed by atoms with E-state index in [-0.39, 0.29) is 18.4 Å². The van der Waals surface area contributed by atoms with Gasteiger partial charge in [-0.25, -0.2) is 4.79 Å². The molecule has 2 unspecified atom stereocenters. The van der Waals surface area contributed by atoms with Crippen molar-refractivity contribution >= 4 is 6.09 Å². The van der Waals surface area contributed by atoms with E-state index in [1.165, 1.54) is 4.90 Å². The minimum atomic E-state index is -0.291. The zero-order chi connectivity index (χ0) is 9.14. The molecule has 0 aromatic rings. The van der Waals surface area contributed by atoms with Gasteiger partial charge >= 0.3 is 6.09 Å². The lowest BCUT2D eigenvalue weighted by molar-refractivity contribution is -0.0400. The lowest BCUT2D eigenvalue weighted by Gasteiger charge is -2.19. The van der Waals surface area contributed by atoms with Gasteiger partial charge in [-0.1, -0.05) is 6.92 Å². The molecule has 2 atom stereocenters. The first-order valence-corrected chi connectivity index (χ1v) is 4.25. The van der Waals surface area contributed by atoms with Crippen LogP contribution in [0.1, 0.15) is 20.3 Å². The van der Waals surface area contributed by atoms with Gasteiger partial charge in [0.1, 0.15) is 6.10 Å². The maximum absolute atomic E-state index is 11.1. The topological polar surface area (TPSA) is 38.8 Å². The van der Waals surface area contributed by atoms with Crippen LogP contribution in [0.25, 0.3) is 0 Å². The molecule has 4 nitrogen and oxygen atoms in total. The van der Waals surface area contributed by atoms with Gasteiger partial charge in [0.2, 0.25) is 0 Å². The predicted octanol–water partition coefficient (Wildman–Crippen LogP) is 1.21. The van der Waals surface area contributed by atoms with Crippen LogP contribution in [0.2, 0.25) is 0 Å². The van der Waals surface area contributed by atoms with Gasteiger partial charge in [-0.2, -0.15) is 0 Å². The lowest BCUT2D eigenvalue weighted by Crippen LogP contribution is -2.35. The highest BCUT2D eigenvalue weighted by Gasteiger charge is 2.38. The molecule has 1 amide bonds. The normalized spacial score (nSPS) is 29.2. The van der Waals surface area contributed by atoms with Crippen molar-refractivity contribution in [3.05, 3.63) is 0 Å². The highest BCUT2D eigenvalue weighted by atomic mass is 16.6. The molecule has 1 aliphatic heterocycles. The third kappa shape index (κ3) is 1.53. The van der Waals surface area contributed by atoms with E-state index < -0.39 is 0 Å². The minimum Gasteiger partial charge on any atom is -0.441 e. The van der Waals surface area contributed by atoms with Crippen molar-refractivity contribution in [2.45, 2.75) is 32.6 Å². The Morgan fingerprint density at radius 2 is 2.25 bits per heavy atom. The van der Waals surface area contributed by atoms with Crippen molar-refractivity contribution in [3.63, 3.8) is 0 Å². The molecule has 0 aromatic heterocycles. The fourth-order valence-electron chi connectivity index (χ4n) is 1.30. The van der Waals surface area contributed by atoms with E-state index in [0.29, 0.717) is 6.61 Å². The van der Waals surface area contributed by atoms with Gasteiger partial charge in [-0.05, 0) is 13.3 Å². The molecule has 0 N–H and O–H groups in total. The van der Waals surface area contributed by atoms with Crippen molar-refractivity contribution in [3.8, 4) is 0 Å². The van der Waals surface area contributed by atoms with E-state index in [1.54, 1.807) is 7.05 Å². The summed E-state index contributed by atoms with van der Waals surface area (Å²) in [4.78, 5) is 12.6. The lowest BCUT2D eigenvalue weighted by atomic mass is 10.2. The highest BCUT2D eigenvalue weighted by molar-refractivity contribution is 5.69. The van der Waals surface area contributed by atoms with E-state index >= 15 is 0 Å². The Morgan fingerprint density at radius 1 is 1.58 bits per heavy atom. The fraction of sp³-hybridized carbons (Fsp3) is 0.875. The Morgan fingerprint density at radius 3 is 2.75 bits per heavy atom. The molecule has 1 heterocycles. The molecule has 0 radical (unpaired) electrons. The first-order valence-electron chi connectivity index (χ1n) is 4.25. The number of cyclic esters (lactones) is 1. The van der Waals surface area contributed by atoms with Crippen LogP contribution in [0.4, 0.5) is 4.79 Å². The van der Waals surface area contributed by atoms with Crippen LogP contribution in [0.15, 0.2) is 0 Å². The van der Waals surface area contributed by atoms with Crippen LogP contribution < -0.4 is 0 Å². The number of likely N-dealkylation sites (N-methyl/N-ethyl adjacent to an activating group) is 1. The number of amides is 1. The number of carbonyl (C=O) groups is 1. The maximum Gasteiger partial charge on any atom is 0.412 e. The Hall–Kier alpha value is -0.770. The SMILES string of the molecule is CCOC1C(CC)OC(=O)N1C. The highest BCUT2D eigenvalue weighted by Crippen LogP contribution is 2.20. The number of carbonyl (C=O) groups excluding carboxylic acids is 1. The third-order valence-electron chi connectivity index (χ3n) is 1.98. The second-order valence-electron chi connectivity index (χ2n) is 2.79. The van der Waals surface area contributed by atoms with Crippen molar-refractivity contribution < 1.29 is 14.3 Å². The van der Waals surface area contributed by atoms with E-state index in [2.05, 4.69) is 0 Å². The molecule has 0 aromatic carbocycles. The van der Waals surface area contributed by atoms with Gasteiger partial charge in [0.25, 0.3) is 0 Å². The fourth-order valence-corrected chi connectivity index (χ4v) is 1.30. The molecule has 12 heavy (non-hydrogen) atoms. The number of hydrogen-bond acceptors (Lipinski definition) is 3. The number of rotatable bonds is 3. The third-order valence-corrected chi connectivity index (χ3v) is 1.98. The summed E-state index contributed by atoms with van der Waals surface area (Å²) in [7, 11) is 1.69. The maximum atomic E-state index is 11.1. The molecule has 1 fully saturated rings. The van der Waals surface area contributed by atoms with Gasteiger partial charge in [0.15, 0.2) is 6.23 Å². The van der Waals surface area contributed by atoms with Gasteiger partial charge in [-0.15, -0.1) is 0 Å². The summed E-state index contributed by atoms with van der Waals surface area (Å²) in [6.45, 7) is 4.48.